The van der Waals surface area contributed by atoms with Crippen molar-refractivity contribution in [1.29, 1.82) is 0 Å². The molecule has 3 rings (SSSR count). The SMILES string of the molecule is CNC(c1ccncc1)c1cnc2ccccc2c1. The second kappa shape index (κ2) is 5.16. The molecule has 3 heteroatoms. The molecule has 1 unspecified atom stereocenters. The van der Waals surface area contributed by atoms with E-state index in [9.17, 15) is 0 Å². The molecule has 1 aromatic carbocycles. The minimum atomic E-state index is 0.139. The predicted molar refractivity (Wildman–Crippen MR) is 76.9 cm³/mol. The van der Waals surface area contributed by atoms with Gasteiger partial charge >= 0.3 is 0 Å². The Hall–Kier alpha value is -2.26. The summed E-state index contributed by atoms with van der Waals surface area (Å²) < 4.78 is 0. The zero-order valence-corrected chi connectivity index (χ0v) is 10.7. The maximum absolute atomic E-state index is 4.52. The zero-order chi connectivity index (χ0) is 13.1. The monoisotopic (exact) mass is 249 g/mol. The van der Waals surface area contributed by atoms with E-state index in [0.717, 1.165) is 16.5 Å². The molecule has 2 aromatic heterocycles. The fourth-order valence-electron chi connectivity index (χ4n) is 2.33. The Morgan fingerprint density at radius 3 is 2.58 bits per heavy atom. The Morgan fingerprint density at radius 1 is 1.00 bits per heavy atom. The van der Waals surface area contributed by atoms with Gasteiger partial charge < -0.3 is 5.32 Å². The van der Waals surface area contributed by atoms with E-state index in [-0.39, 0.29) is 6.04 Å². The van der Waals surface area contributed by atoms with Gasteiger partial charge in [0, 0.05) is 24.0 Å². The normalized spacial score (nSPS) is 12.5. The van der Waals surface area contributed by atoms with Crippen molar-refractivity contribution < 1.29 is 0 Å². The summed E-state index contributed by atoms with van der Waals surface area (Å²) in [5, 5.41) is 4.49. The first kappa shape index (κ1) is 11.8. The topological polar surface area (TPSA) is 37.8 Å². The average molecular weight is 249 g/mol. The maximum Gasteiger partial charge on any atom is 0.0702 e. The molecule has 0 fully saturated rings. The highest BCUT2D eigenvalue weighted by atomic mass is 14.9. The lowest BCUT2D eigenvalue weighted by atomic mass is 10.00. The number of nitrogens with zero attached hydrogens (tertiary/aromatic N) is 2. The number of hydrogen-bond acceptors (Lipinski definition) is 3. The molecule has 3 aromatic rings. The molecule has 0 spiro atoms. The van der Waals surface area contributed by atoms with Gasteiger partial charge in [-0.2, -0.15) is 0 Å². The standard InChI is InChI=1S/C16H15N3/c1-17-16(12-6-8-18-9-7-12)14-10-13-4-2-3-5-15(13)19-11-14/h2-11,16-17H,1H3. The van der Waals surface area contributed by atoms with Crippen molar-refractivity contribution in [2.24, 2.45) is 0 Å². The third kappa shape index (κ3) is 2.33. The van der Waals surface area contributed by atoms with E-state index in [4.69, 9.17) is 0 Å². The van der Waals surface area contributed by atoms with Crippen LogP contribution in [0.25, 0.3) is 10.9 Å². The Labute approximate surface area is 112 Å². The molecule has 1 N–H and O–H groups in total. The van der Waals surface area contributed by atoms with Crippen LogP contribution in [0.5, 0.6) is 0 Å². The quantitative estimate of drug-likeness (QED) is 0.775. The summed E-state index contributed by atoms with van der Waals surface area (Å²) in [6, 6.07) is 14.5. The van der Waals surface area contributed by atoms with Crippen molar-refractivity contribution in [2.45, 2.75) is 6.04 Å². The fraction of sp³-hybridized carbons (Fsp3) is 0.125. The maximum atomic E-state index is 4.52. The van der Waals surface area contributed by atoms with Crippen LogP contribution in [0.15, 0.2) is 61.1 Å². The number of fused-ring (bicyclic) bond motifs is 1. The van der Waals surface area contributed by atoms with Crippen molar-refractivity contribution >= 4 is 10.9 Å². The van der Waals surface area contributed by atoms with E-state index in [1.54, 1.807) is 0 Å². The third-order valence-corrected chi connectivity index (χ3v) is 3.27. The highest BCUT2D eigenvalue weighted by Gasteiger charge is 2.12. The summed E-state index contributed by atoms with van der Waals surface area (Å²) in [6.45, 7) is 0. The number of rotatable bonds is 3. The van der Waals surface area contributed by atoms with Gasteiger partial charge in [-0.05, 0) is 42.4 Å². The first-order chi connectivity index (χ1) is 9.38. The highest BCUT2D eigenvalue weighted by molar-refractivity contribution is 5.78. The van der Waals surface area contributed by atoms with Crippen LogP contribution in [0.4, 0.5) is 0 Å². The van der Waals surface area contributed by atoms with Crippen molar-refractivity contribution in [2.75, 3.05) is 7.05 Å². The van der Waals surface area contributed by atoms with E-state index in [1.807, 2.05) is 56.0 Å². The van der Waals surface area contributed by atoms with E-state index in [2.05, 4.69) is 27.4 Å². The van der Waals surface area contributed by atoms with E-state index < -0.39 is 0 Å². The van der Waals surface area contributed by atoms with Crippen LogP contribution in [-0.4, -0.2) is 17.0 Å². The van der Waals surface area contributed by atoms with Crippen LogP contribution in [0.1, 0.15) is 17.2 Å². The van der Waals surface area contributed by atoms with Crippen molar-refractivity contribution in [3.63, 3.8) is 0 Å². The van der Waals surface area contributed by atoms with Crippen molar-refractivity contribution in [3.8, 4) is 0 Å². The molecule has 0 aliphatic carbocycles. The predicted octanol–water partition coefficient (Wildman–Crippen LogP) is 2.94. The Morgan fingerprint density at radius 2 is 1.79 bits per heavy atom. The lowest BCUT2D eigenvalue weighted by Crippen LogP contribution is -2.17. The number of para-hydroxylation sites is 1. The molecule has 2 heterocycles. The molecule has 0 aliphatic rings. The van der Waals surface area contributed by atoms with Gasteiger partial charge in [-0.1, -0.05) is 18.2 Å². The summed E-state index contributed by atoms with van der Waals surface area (Å²) in [5.74, 6) is 0. The second-order valence-corrected chi connectivity index (χ2v) is 4.46. The number of pyridine rings is 2. The van der Waals surface area contributed by atoms with Gasteiger partial charge in [-0.25, -0.2) is 0 Å². The fourth-order valence-corrected chi connectivity index (χ4v) is 2.33. The van der Waals surface area contributed by atoms with Gasteiger partial charge in [0.1, 0.15) is 0 Å². The molecule has 0 bridgehead atoms. The molecule has 0 amide bonds. The smallest absolute Gasteiger partial charge is 0.0702 e. The van der Waals surface area contributed by atoms with Crippen molar-refractivity contribution in [3.05, 3.63) is 72.2 Å². The molecule has 94 valence electrons. The summed E-state index contributed by atoms with van der Waals surface area (Å²) in [4.78, 5) is 8.58. The molecule has 0 radical (unpaired) electrons. The van der Waals surface area contributed by atoms with Crippen LogP contribution in [-0.2, 0) is 0 Å². The highest BCUT2D eigenvalue weighted by Crippen LogP contribution is 2.23. The number of benzene rings is 1. The average Bonchev–Trinajstić information content (AvgIpc) is 2.49. The van der Waals surface area contributed by atoms with Crippen LogP contribution in [0.3, 0.4) is 0 Å². The van der Waals surface area contributed by atoms with E-state index in [1.165, 1.54) is 5.56 Å². The van der Waals surface area contributed by atoms with Crippen LogP contribution in [0.2, 0.25) is 0 Å². The third-order valence-electron chi connectivity index (χ3n) is 3.27. The van der Waals surface area contributed by atoms with Crippen LogP contribution >= 0.6 is 0 Å². The Kier molecular flexibility index (Phi) is 3.21. The summed E-state index contributed by atoms with van der Waals surface area (Å²) in [7, 11) is 1.96. The van der Waals surface area contributed by atoms with Gasteiger partial charge in [0.15, 0.2) is 0 Å². The first-order valence-corrected chi connectivity index (χ1v) is 6.30. The van der Waals surface area contributed by atoms with Gasteiger partial charge in [0.05, 0.1) is 11.6 Å². The number of hydrogen-bond donors (Lipinski definition) is 1. The largest absolute Gasteiger partial charge is 0.309 e. The Bertz CT molecular complexity index is 680. The zero-order valence-electron chi connectivity index (χ0n) is 10.7. The van der Waals surface area contributed by atoms with E-state index >= 15 is 0 Å². The molecule has 1 atom stereocenters. The molecule has 0 saturated heterocycles. The van der Waals surface area contributed by atoms with Gasteiger partial charge in [-0.3, -0.25) is 9.97 Å². The molecular formula is C16H15N3. The summed E-state index contributed by atoms with van der Waals surface area (Å²) in [6.07, 6.45) is 5.56. The molecular weight excluding hydrogens is 234 g/mol. The summed E-state index contributed by atoms with van der Waals surface area (Å²) in [5.41, 5.74) is 3.37. The minimum Gasteiger partial charge on any atom is -0.309 e. The second-order valence-electron chi connectivity index (χ2n) is 4.46. The molecule has 3 nitrogen and oxygen atoms in total. The lowest BCUT2D eigenvalue weighted by molar-refractivity contribution is 0.689. The van der Waals surface area contributed by atoms with Crippen molar-refractivity contribution in [1.82, 2.24) is 15.3 Å². The van der Waals surface area contributed by atoms with Gasteiger partial charge in [0.2, 0.25) is 0 Å². The molecule has 0 saturated carbocycles. The van der Waals surface area contributed by atoms with Gasteiger partial charge in [-0.15, -0.1) is 0 Å². The molecule has 0 aliphatic heterocycles. The molecule has 19 heavy (non-hydrogen) atoms. The number of nitrogens with one attached hydrogen (secondary N) is 1. The van der Waals surface area contributed by atoms with Crippen LogP contribution in [0, 0.1) is 0 Å². The minimum absolute atomic E-state index is 0.139. The number of aromatic nitrogens is 2. The lowest BCUT2D eigenvalue weighted by Gasteiger charge is -2.17. The van der Waals surface area contributed by atoms with Gasteiger partial charge in [0.25, 0.3) is 0 Å². The first-order valence-electron chi connectivity index (χ1n) is 6.30. The van der Waals surface area contributed by atoms with Crippen LogP contribution < -0.4 is 5.32 Å². The Balaban J connectivity index is 2.06. The van der Waals surface area contributed by atoms with E-state index in [0.29, 0.717) is 0 Å². The summed E-state index contributed by atoms with van der Waals surface area (Å²) >= 11 is 0.